The first-order valence-electron chi connectivity index (χ1n) is 2.32. The SMILES string of the molecule is N#CC1=CNN(Cl)C=C1. The molecule has 0 aliphatic carbocycles. The molecule has 0 fully saturated rings. The Bertz CT molecular complexity index is 201. The summed E-state index contributed by atoms with van der Waals surface area (Å²) in [4.78, 5) is 0. The lowest BCUT2D eigenvalue weighted by Gasteiger charge is -2.12. The van der Waals surface area contributed by atoms with Crippen LogP contribution in [0.2, 0.25) is 0 Å². The van der Waals surface area contributed by atoms with E-state index < -0.39 is 0 Å². The smallest absolute Gasteiger partial charge is 0.101 e. The molecule has 1 N–H and O–H groups in total. The molecule has 3 nitrogen and oxygen atoms in total. The van der Waals surface area contributed by atoms with E-state index in [0.717, 1.165) is 0 Å². The van der Waals surface area contributed by atoms with Crippen LogP contribution in [0.25, 0.3) is 0 Å². The molecule has 0 amide bonds. The van der Waals surface area contributed by atoms with Gasteiger partial charge in [0.1, 0.15) is 6.07 Å². The molecular weight excluding hydrogens is 138 g/mol. The number of nitrogens with zero attached hydrogens (tertiary/aromatic N) is 2. The fraction of sp³-hybridized carbons (Fsp3) is 0. The van der Waals surface area contributed by atoms with E-state index in [9.17, 15) is 0 Å². The molecule has 1 heterocycles. The molecule has 1 rings (SSSR count). The maximum absolute atomic E-state index is 8.31. The summed E-state index contributed by atoms with van der Waals surface area (Å²) in [6, 6.07) is 1.95. The second-order valence-electron chi connectivity index (χ2n) is 1.47. The predicted octanol–water partition coefficient (Wildman–Crippen LogP) is 0.882. The average Bonchev–Trinajstić information content (AvgIpc) is 1.90. The van der Waals surface area contributed by atoms with Gasteiger partial charge in [-0.15, -0.1) is 0 Å². The quantitative estimate of drug-likeness (QED) is 0.509. The van der Waals surface area contributed by atoms with Gasteiger partial charge in [-0.05, 0) is 6.08 Å². The third-order valence-electron chi connectivity index (χ3n) is 0.857. The highest BCUT2D eigenvalue weighted by molar-refractivity contribution is 6.13. The molecular formula is C5H4ClN3. The summed E-state index contributed by atoms with van der Waals surface area (Å²) in [6.07, 6.45) is 4.69. The predicted molar refractivity (Wildman–Crippen MR) is 33.7 cm³/mol. The Kier molecular flexibility index (Phi) is 1.61. The second-order valence-corrected chi connectivity index (χ2v) is 1.83. The summed E-state index contributed by atoms with van der Waals surface area (Å²) < 4.78 is 1.24. The van der Waals surface area contributed by atoms with Crippen molar-refractivity contribution < 1.29 is 0 Å². The maximum atomic E-state index is 8.31. The van der Waals surface area contributed by atoms with Crippen molar-refractivity contribution >= 4 is 11.8 Å². The third-order valence-corrected chi connectivity index (χ3v) is 1.07. The van der Waals surface area contributed by atoms with E-state index in [1.165, 1.54) is 10.7 Å². The van der Waals surface area contributed by atoms with E-state index in [-0.39, 0.29) is 0 Å². The minimum atomic E-state index is 0.562. The molecule has 1 aliphatic rings. The van der Waals surface area contributed by atoms with Crippen molar-refractivity contribution in [3.05, 3.63) is 24.0 Å². The molecule has 0 atom stereocenters. The number of hydrogen-bond acceptors (Lipinski definition) is 3. The lowest BCUT2D eigenvalue weighted by Crippen LogP contribution is -2.21. The molecule has 0 radical (unpaired) electrons. The number of allylic oxidation sites excluding steroid dienone is 2. The summed E-state index contributed by atoms with van der Waals surface area (Å²) in [6.45, 7) is 0. The summed E-state index contributed by atoms with van der Waals surface area (Å²) >= 11 is 5.42. The van der Waals surface area contributed by atoms with Gasteiger partial charge in [0.05, 0.1) is 5.57 Å². The van der Waals surface area contributed by atoms with Crippen molar-refractivity contribution in [3.63, 3.8) is 0 Å². The van der Waals surface area contributed by atoms with Gasteiger partial charge < -0.3 is 0 Å². The van der Waals surface area contributed by atoms with E-state index in [1.54, 1.807) is 12.3 Å². The first-order chi connectivity index (χ1) is 4.33. The van der Waals surface area contributed by atoms with Gasteiger partial charge in [-0.2, -0.15) is 5.26 Å². The number of rotatable bonds is 0. The number of nitriles is 1. The van der Waals surface area contributed by atoms with Crippen LogP contribution >= 0.6 is 11.8 Å². The van der Waals surface area contributed by atoms with Crippen LogP contribution in [0.1, 0.15) is 0 Å². The van der Waals surface area contributed by atoms with Crippen LogP contribution in [-0.2, 0) is 0 Å². The fourth-order valence-corrected chi connectivity index (χ4v) is 0.543. The van der Waals surface area contributed by atoms with Crippen LogP contribution in [-0.4, -0.2) is 4.53 Å². The van der Waals surface area contributed by atoms with Gasteiger partial charge in [0.15, 0.2) is 0 Å². The molecule has 46 valence electrons. The van der Waals surface area contributed by atoms with E-state index in [0.29, 0.717) is 5.57 Å². The Balaban J connectivity index is 2.66. The van der Waals surface area contributed by atoms with E-state index in [2.05, 4.69) is 5.43 Å². The Morgan fingerprint density at radius 3 is 3.00 bits per heavy atom. The first-order valence-corrected chi connectivity index (χ1v) is 2.66. The summed E-state index contributed by atoms with van der Waals surface area (Å²) in [7, 11) is 0. The van der Waals surface area contributed by atoms with Crippen LogP contribution in [0.4, 0.5) is 0 Å². The number of hydrogen-bond donors (Lipinski definition) is 1. The molecule has 0 bridgehead atoms. The lowest BCUT2D eigenvalue weighted by molar-refractivity contribution is 0.514. The standard InChI is InChI=1S/C5H4ClN3/c6-9-2-1-5(3-7)4-8-9/h1-2,4,8H. The molecule has 0 spiro atoms. The van der Waals surface area contributed by atoms with Crippen molar-refractivity contribution in [1.29, 1.82) is 5.26 Å². The Labute approximate surface area is 57.9 Å². The summed E-state index contributed by atoms with van der Waals surface area (Å²) in [5.74, 6) is 0. The second kappa shape index (κ2) is 2.42. The molecule has 0 saturated carbocycles. The van der Waals surface area contributed by atoms with Gasteiger partial charge in [-0.25, -0.2) is 4.53 Å². The van der Waals surface area contributed by atoms with Crippen LogP contribution in [0, 0.1) is 11.3 Å². The molecule has 0 aromatic rings. The van der Waals surface area contributed by atoms with Crippen molar-refractivity contribution in [3.8, 4) is 6.07 Å². The van der Waals surface area contributed by atoms with E-state index >= 15 is 0 Å². The number of nitrogens with one attached hydrogen (secondary N) is 1. The van der Waals surface area contributed by atoms with Gasteiger partial charge in [0.2, 0.25) is 0 Å². The fourth-order valence-electron chi connectivity index (χ4n) is 0.438. The minimum Gasteiger partial charge on any atom is -0.290 e. The van der Waals surface area contributed by atoms with Crippen LogP contribution in [0.15, 0.2) is 24.0 Å². The van der Waals surface area contributed by atoms with E-state index in [1.807, 2.05) is 6.07 Å². The largest absolute Gasteiger partial charge is 0.290 e. The van der Waals surface area contributed by atoms with Crippen LogP contribution in [0.5, 0.6) is 0 Å². The van der Waals surface area contributed by atoms with Crippen LogP contribution in [0.3, 0.4) is 0 Å². The van der Waals surface area contributed by atoms with Gasteiger partial charge in [0.25, 0.3) is 0 Å². The Morgan fingerprint density at radius 1 is 1.78 bits per heavy atom. The lowest BCUT2D eigenvalue weighted by atomic mass is 10.3. The zero-order valence-corrected chi connectivity index (χ0v) is 5.26. The van der Waals surface area contributed by atoms with Crippen molar-refractivity contribution in [2.24, 2.45) is 0 Å². The molecule has 0 unspecified atom stereocenters. The van der Waals surface area contributed by atoms with Crippen molar-refractivity contribution in [2.75, 3.05) is 0 Å². The highest BCUT2D eigenvalue weighted by Gasteiger charge is 1.97. The van der Waals surface area contributed by atoms with Gasteiger partial charge >= 0.3 is 0 Å². The zero-order valence-electron chi connectivity index (χ0n) is 4.50. The summed E-state index contributed by atoms with van der Waals surface area (Å²) in [5.41, 5.74) is 3.17. The molecule has 4 heteroatoms. The van der Waals surface area contributed by atoms with Crippen molar-refractivity contribution in [1.82, 2.24) is 9.95 Å². The van der Waals surface area contributed by atoms with E-state index in [4.69, 9.17) is 17.0 Å². The maximum Gasteiger partial charge on any atom is 0.101 e. The number of halogens is 1. The van der Waals surface area contributed by atoms with Gasteiger partial charge in [-0.3, -0.25) is 5.43 Å². The normalized spacial score (nSPS) is 16.0. The Hall–Kier alpha value is -1.14. The highest BCUT2D eigenvalue weighted by atomic mass is 35.5. The third kappa shape index (κ3) is 1.37. The Morgan fingerprint density at radius 2 is 2.56 bits per heavy atom. The molecule has 0 saturated heterocycles. The minimum absolute atomic E-state index is 0.562. The highest BCUT2D eigenvalue weighted by Crippen LogP contribution is 2.02. The first kappa shape index (κ1) is 5.99. The zero-order chi connectivity index (χ0) is 6.69. The van der Waals surface area contributed by atoms with Gasteiger partial charge in [-0.1, -0.05) is 0 Å². The topological polar surface area (TPSA) is 39.1 Å². The molecule has 0 aromatic carbocycles. The monoisotopic (exact) mass is 141 g/mol. The van der Waals surface area contributed by atoms with Gasteiger partial charge in [0, 0.05) is 24.2 Å². The summed E-state index contributed by atoms with van der Waals surface area (Å²) in [5, 5.41) is 8.31. The molecule has 0 aromatic heterocycles. The number of hydrazine groups is 1. The van der Waals surface area contributed by atoms with Crippen LogP contribution < -0.4 is 5.43 Å². The van der Waals surface area contributed by atoms with Crippen molar-refractivity contribution in [2.45, 2.75) is 0 Å². The average molecular weight is 142 g/mol. The molecule has 9 heavy (non-hydrogen) atoms. The molecule has 1 aliphatic heterocycles.